The van der Waals surface area contributed by atoms with Gasteiger partial charge in [0.15, 0.2) is 0 Å². The molecule has 0 nitrogen and oxygen atoms in total. The van der Waals surface area contributed by atoms with Gasteiger partial charge in [0.25, 0.3) is 0 Å². The van der Waals surface area contributed by atoms with Crippen LogP contribution in [0.15, 0.2) is 0 Å². The lowest BCUT2D eigenvalue weighted by Gasteiger charge is -2.58. The zero-order chi connectivity index (χ0) is 9.17. The molecular weight excluding hydrogens is 168 g/mol. The van der Waals surface area contributed by atoms with Crippen LogP contribution in [-0.4, -0.2) is 0 Å². The van der Waals surface area contributed by atoms with Crippen molar-refractivity contribution >= 4 is 0 Å². The highest BCUT2D eigenvalue weighted by Gasteiger charge is 2.57. The van der Waals surface area contributed by atoms with Crippen LogP contribution in [0, 0.1) is 29.1 Å². The van der Waals surface area contributed by atoms with Crippen LogP contribution in [0.4, 0.5) is 0 Å². The Labute approximate surface area is 87.5 Å². The maximum absolute atomic E-state index is 2.01. The van der Waals surface area contributed by atoms with Gasteiger partial charge in [-0.25, -0.2) is 0 Å². The van der Waals surface area contributed by atoms with Gasteiger partial charge in [0.05, 0.1) is 0 Å². The summed E-state index contributed by atoms with van der Waals surface area (Å²) in [6.07, 6.45) is 14.1. The minimum atomic E-state index is 0.868. The average Bonchev–Trinajstić information content (AvgIpc) is 2.78. The fourth-order valence-electron chi connectivity index (χ4n) is 5.36. The highest BCUT2D eigenvalue weighted by atomic mass is 14.6. The molecule has 5 rings (SSSR count). The Bertz CT molecular complexity index is 243. The van der Waals surface area contributed by atoms with Gasteiger partial charge in [-0.05, 0) is 74.0 Å². The van der Waals surface area contributed by atoms with Crippen LogP contribution in [0.5, 0.6) is 0 Å². The van der Waals surface area contributed by atoms with E-state index >= 15 is 0 Å². The number of rotatable bonds is 1. The fourth-order valence-corrected chi connectivity index (χ4v) is 5.36. The predicted molar refractivity (Wildman–Crippen MR) is 57.7 cm³/mol. The molecule has 0 heteroatoms. The van der Waals surface area contributed by atoms with Crippen molar-refractivity contribution < 1.29 is 0 Å². The van der Waals surface area contributed by atoms with Crippen molar-refractivity contribution in [3.05, 3.63) is 5.92 Å². The first-order valence-electron chi connectivity index (χ1n) is 6.70. The van der Waals surface area contributed by atoms with Crippen LogP contribution in [0.25, 0.3) is 0 Å². The molecule has 5 saturated carbocycles. The summed E-state index contributed by atoms with van der Waals surface area (Å²) in [6, 6.07) is 0. The van der Waals surface area contributed by atoms with Crippen molar-refractivity contribution in [2.45, 2.75) is 57.8 Å². The van der Waals surface area contributed by atoms with Crippen LogP contribution >= 0.6 is 0 Å². The summed E-state index contributed by atoms with van der Waals surface area (Å²) in [5.41, 5.74) is 0.868. The minimum absolute atomic E-state index is 0.868. The number of hydrogen-bond donors (Lipinski definition) is 0. The zero-order valence-corrected chi connectivity index (χ0v) is 9.10. The summed E-state index contributed by atoms with van der Waals surface area (Å²) in [7, 11) is 0. The summed E-state index contributed by atoms with van der Waals surface area (Å²) >= 11 is 0. The molecule has 0 aromatic carbocycles. The summed E-state index contributed by atoms with van der Waals surface area (Å²) in [6.45, 7) is 0. The molecule has 0 aromatic heterocycles. The van der Waals surface area contributed by atoms with Gasteiger partial charge in [-0.3, -0.25) is 0 Å². The van der Waals surface area contributed by atoms with Gasteiger partial charge in [-0.2, -0.15) is 0 Å². The molecule has 77 valence electrons. The average molecular weight is 189 g/mol. The molecular formula is C14H21. The molecule has 5 fully saturated rings. The molecule has 1 radical (unpaired) electrons. The smallest absolute Gasteiger partial charge is 0.0202 e. The summed E-state index contributed by atoms with van der Waals surface area (Å²) < 4.78 is 0. The van der Waals surface area contributed by atoms with E-state index in [9.17, 15) is 0 Å². The molecule has 4 bridgehead atoms. The third-order valence-electron chi connectivity index (χ3n) is 5.90. The van der Waals surface area contributed by atoms with Gasteiger partial charge >= 0.3 is 0 Å². The molecule has 2 atom stereocenters. The monoisotopic (exact) mass is 189 g/mol. The van der Waals surface area contributed by atoms with Gasteiger partial charge < -0.3 is 0 Å². The molecule has 0 amide bonds. The highest BCUT2D eigenvalue weighted by Crippen LogP contribution is 2.67. The normalized spacial score (nSPS) is 56.1. The molecule has 0 N–H and O–H groups in total. The van der Waals surface area contributed by atoms with Crippen LogP contribution < -0.4 is 0 Å². The SMILES string of the molecule is C1CC2CC(C3CC4CC[C]3C4)(C1)C2. The molecule has 0 spiro atoms. The van der Waals surface area contributed by atoms with Crippen LogP contribution in [0.3, 0.4) is 0 Å². The second kappa shape index (κ2) is 2.57. The quantitative estimate of drug-likeness (QED) is 0.585. The van der Waals surface area contributed by atoms with Crippen molar-refractivity contribution in [1.29, 1.82) is 0 Å². The molecule has 0 aromatic rings. The van der Waals surface area contributed by atoms with E-state index in [4.69, 9.17) is 0 Å². The first-order valence-corrected chi connectivity index (χ1v) is 6.70. The van der Waals surface area contributed by atoms with Crippen LogP contribution in [-0.2, 0) is 0 Å². The Balaban J connectivity index is 1.58. The topological polar surface area (TPSA) is 0 Å². The van der Waals surface area contributed by atoms with Crippen LogP contribution in [0.2, 0.25) is 0 Å². The second-order valence-corrected chi connectivity index (χ2v) is 6.58. The Morgan fingerprint density at radius 3 is 2.57 bits per heavy atom. The summed E-state index contributed by atoms with van der Waals surface area (Å²) in [5, 5.41) is 0. The Kier molecular flexibility index (Phi) is 1.50. The van der Waals surface area contributed by atoms with E-state index < -0.39 is 0 Å². The lowest BCUT2D eigenvalue weighted by Crippen LogP contribution is -2.47. The molecule has 14 heavy (non-hydrogen) atoms. The van der Waals surface area contributed by atoms with Gasteiger partial charge in [0, 0.05) is 0 Å². The minimum Gasteiger partial charge on any atom is -0.0525 e. The second-order valence-electron chi connectivity index (χ2n) is 6.58. The molecule has 0 saturated heterocycles. The third kappa shape index (κ3) is 0.907. The van der Waals surface area contributed by atoms with Crippen molar-refractivity contribution in [2.75, 3.05) is 0 Å². The van der Waals surface area contributed by atoms with Gasteiger partial charge in [0.2, 0.25) is 0 Å². The van der Waals surface area contributed by atoms with E-state index in [1.54, 1.807) is 44.9 Å². The van der Waals surface area contributed by atoms with E-state index in [1.165, 1.54) is 12.8 Å². The number of hydrogen-bond acceptors (Lipinski definition) is 0. The molecule has 0 aliphatic heterocycles. The van der Waals surface area contributed by atoms with E-state index in [0.717, 1.165) is 23.2 Å². The summed E-state index contributed by atoms with van der Waals surface area (Å²) in [4.78, 5) is 0. The fraction of sp³-hybridized carbons (Fsp3) is 0.929. The third-order valence-corrected chi connectivity index (χ3v) is 5.90. The van der Waals surface area contributed by atoms with E-state index in [2.05, 4.69) is 0 Å². The lowest BCUT2D eigenvalue weighted by molar-refractivity contribution is -0.0545. The molecule has 5 aliphatic rings. The maximum atomic E-state index is 2.01. The Hall–Kier alpha value is 0. The lowest BCUT2D eigenvalue weighted by atomic mass is 9.47. The van der Waals surface area contributed by atoms with Crippen molar-refractivity contribution in [1.82, 2.24) is 0 Å². The zero-order valence-electron chi connectivity index (χ0n) is 9.10. The molecule has 2 unspecified atom stereocenters. The highest BCUT2D eigenvalue weighted by molar-refractivity contribution is 5.18. The number of fused-ring (bicyclic) bond motifs is 4. The van der Waals surface area contributed by atoms with E-state index in [-0.39, 0.29) is 0 Å². The van der Waals surface area contributed by atoms with Crippen LogP contribution in [0.1, 0.15) is 57.8 Å². The Morgan fingerprint density at radius 1 is 1.07 bits per heavy atom. The van der Waals surface area contributed by atoms with Crippen molar-refractivity contribution in [2.24, 2.45) is 23.2 Å². The van der Waals surface area contributed by atoms with Crippen molar-refractivity contribution in [3.8, 4) is 0 Å². The Morgan fingerprint density at radius 2 is 2.00 bits per heavy atom. The van der Waals surface area contributed by atoms with Gasteiger partial charge in [-0.1, -0.05) is 12.8 Å². The largest absolute Gasteiger partial charge is 0.0525 e. The summed E-state index contributed by atoms with van der Waals surface area (Å²) in [5.74, 6) is 5.40. The van der Waals surface area contributed by atoms with E-state index in [1.807, 2.05) is 5.92 Å². The first kappa shape index (κ1) is 8.19. The predicted octanol–water partition coefficient (Wildman–Crippen LogP) is 3.96. The molecule has 0 heterocycles. The standard InChI is InChI=1S/C14H21/c1-2-11-8-14(5-1,9-11)13-7-10-3-4-12(13)6-10/h10-11,13H,1-9H2. The maximum Gasteiger partial charge on any atom is -0.0202 e. The van der Waals surface area contributed by atoms with Gasteiger partial charge in [-0.15, -0.1) is 0 Å². The molecule has 5 aliphatic carbocycles. The van der Waals surface area contributed by atoms with Crippen molar-refractivity contribution in [3.63, 3.8) is 0 Å². The first-order chi connectivity index (χ1) is 6.86. The van der Waals surface area contributed by atoms with Gasteiger partial charge in [0.1, 0.15) is 0 Å². The van der Waals surface area contributed by atoms with E-state index in [0.29, 0.717) is 0 Å².